The summed E-state index contributed by atoms with van der Waals surface area (Å²) >= 11 is 1.79. The van der Waals surface area contributed by atoms with Crippen LogP contribution in [0.3, 0.4) is 0 Å². The van der Waals surface area contributed by atoms with Gasteiger partial charge in [0.15, 0.2) is 0 Å². The molecule has 1 atom stereocenters. The monoisotopic (exact) mass is 240 g/mol. The Bertz CT molecular complexity index is 294. The molecule has 16 heavy (non-hydrogen) atoms. The van der Waals surface area contributed by atoms with Crippen molar-refractivity contribution in [3.63, 3.8) is 0 Å². The fourth-order valence-electron chi connectivity index (χ4n) is 1.87. The molecule has 1 N–H and O–H groups in total. The maximum Gasteiger partial charge on any atom is 0.0943 e. The summed E-state index contributed by atoms with van der Waals surface area (Å²) in [5, 5.41) is 7.05. The number of nitrogens with one attached hydrogen (secondary N) is 1. The summed E-state index contributed by atoms with van der Waals surface area (Å²) in [6, 6.07) is 1.15. The van der Waals surface area contributed by atoms with Crippen LogP contribution in [0.4, 0.5) is 0 Å². The minimum Gasteiger partial charge on any atom is -0.311 e. The number of rotatable bonds is 7. The molecule has 0 saturated heterocycles. The van der Waals surface area contributed by atoms with Crippen LogP contribution in [0.15, 0.2) is 5.38 Å². The topological polar surface area (TPSA) is 24.9 Å². The van der Waals surface area contributed by atoms with Crippen molar-refractivity contribution >= 4 is 11.3 Å². The van der Waals surface area contributed by atoms with E-state index in [9.17, 15) is 0 Å². The van der Waals surface area contributed by atoms with Gasteiger partial charge in [-0.3, -0.25) is 0 Å². The highest BCUT2D eigenvalue weighted by Gasteiger charge is 2.12. The van der Waals surface area contributed by atoms with Crippen LogP contribution in [-0.4, -0.2) is 17.1 Å². The summed E-state index contributed by atoms with van der Waals surface area (Å²) < 4.78 is 0. The number of thiazole rings is 1. The molecule has 0 aromatic carbocycles. The zero-order valence-electron chi connectivity index (χ0n) is 10.9. The zero-order valence-corrected chi connectivity index (χ0v) is 11.7. The summed E-state index contributed by atoms with van der Waals surface area (Å²) in [6.07, 6.45) is 4.91. The molecule has 0 aliphatic carbocycles. The molecule has 0 bridgehead atoms. The Labute approximate surface area is 103 Å². The largest absolute Gasteiger partial charge is 0.311 e. The van der Waals surface area contributed by atoms with Crippen LogP contribution < -0.4 is 5.32 Å². The molecule has 1 unspecified atom stereocenters. The van der Waals surface area contributed by atoms with Gasteiger partial charge in [-0.05, 0) is 13.3 Å². The first kappa shape index (κ1) is 13.7. The zero-order chi connectivity index (χ0) is 12.0. The minimum atomic E-state index is 0.558. The summed E-state index contributed by atoms with van der Waals surface area (Å²) in [5.41, 5.74) is 1.15. The van der Waals surface area contributed by atoms with Crippen molar-refractivity contribution in [2.45, 2.75) is 65.5 Å². The van der Waals surface area contributed by atoms with E-state index < -0.39 is 0 Å². The van der Waals surface area contributed by atoms with Crippen molar-refractivity contribution in [3.05, 3.63) is 16.1 Å². The van der Waals surface area contributed by atoms with Gasteiger partial charge in [-0.15, -0.1) is 11.3 Å². The number of nitrogens with zero attached hydrogens (tertiary/aromatic N) is 1. The van der Waals surface area contributed by atoms with Gasteiger partial charge < -0.3 is 5.32 Å². The molecule has 92 valence electrons. The number of unbranched alkanes of at least 4 members (excludes halogenated alkanes) is 1. The van der Waals surface area contributed by atoms with Gasteiger partial charge in [0.1, 0.15) is 0 Å². The normalized spacial score (nSPS) is 13.3. The molecule has 1 rings (SSSR count). The van der Waals surface area contributed by atoms with Crippen LogP contribution in [-0.2, 0) is 6.42 Å². The first-order valence-electron chi connectivity index (χ1n) is 6.28. The van der Waals surface area contributed by atoms with E-state index in [0.29, 0.717) is 12.1 Å². The van der Waals surface area contributed by atoms with Gasteiger partial charge in [0.2, 0.25) is 0 Å². The predicted molar refractivity (Wildman–Crippen MR) is 72.1 cm³/mol. The minimum absolute atomic E-state index is 0.558. The highest BCUT2D eigenvalue weighted by atomic mass is 32.1. The summed E-state index contributed by atoms with van der Waals surface area (Å²) in [6.45, 7) is 8.75. The number of hydrogen-bond donors (Lipinski definition) is 1. The van der Waals surface area contributed by atoms with Crippen LogP contribution in [0.2, 0.25) is 0 Å². The average Bonchev–Trinajstić information content (AvgIpc) is 2.59. The molecule has 1 heterocycles. The molecule has 3 heteroatoms. The molecule has 1 aromatic heterocycles. The lowest BCUT2D eigenvalue weighted by Crippen LogP contribution is -2.36. The van der Waals surface area contributed by atoms with Crippen LogP contribution in [0.1, 0.15) is 50.7 Å². The quantitative estimate of drug-likeness (QED) is 0.788. The van der Waals surface area contributed by atoms with Gasteiger partial charge in [0.05, 0.1) is 5.01 Å². The number of hydrogen-bond acceptors (Lipinski definition) is 3. The third kappa shape index (κ3) is 5.08. The Balaban J connectivity index is 2.48. The summed E-state index contributed by atoms with van der Waals surface area (Å²) in [5.74, 6) is 0. The van der Waals surface area contributed by atoms with Crippen molar-refractivity contribution in [2.24, 2.45) is 0 Å². The van der Waals surface area contributed by atoms with Crippen molar-refractivity contribution in [2.75, 3.05) is 0 Å². The van der Waals surface area contributed by atoms with Crippen LogP contribution in [0.5, 0.6) is 0 Å². The molecular weight excluding hydrogens is 216 g/mol. The first-order chi connectivity index (χ1) is 7.61. The highest BCUT2D eigenvalue weighted by molar-refractivity contribution is 7.09. The Morgan fingerprint density at radius 2 is 2.19 bits per heavy atom. The molecule has 0 aliphatic rings. The van der Waals surface area contributed by atoms with E-state index in [1.54, 1.807) is 11.3 Å². The lowest BCUT2D eigenvalue weighted by atomic mass is 10.1. The van der Waals surface area contributed by atoms with Gasteiger partial charge in [0, 0.05) is 29.6 Å². The molecular formula is C13H24N2S. The van der Waals surface area contributed by atoms with E-state index in [4.69, 9.17) is 0 Å². The van der Waals surface area contributed by atoms with E-state index >= 15 is 0 Å². The average molecular weight is 240 g/mol. The van der Waals surface area contributed by atoms with Gasteiger partial charge in [-0.1, -0.05) is 33.6 Å². The fraction of sp³-hybridized carbons (Fsp3) is 0.769. The van der Waals surface area contributed by atoms with Crippen LogP contribution in [0.25, 0.3) is 0 Å². The Morgan fingerprint density at radius 3 is 2.69 bits per heavy atom. The number of aryl methyl sites for hydroxylation is 1. The van der Waals surface area contributed by atoms with Crippen molar-refractivity contribution in [1.82, 2.24) is 10.3 Å². The van der Waals surface area contributed by atoms with E-state index in [-0.39, 0.29) is 0 Å². The number of aromatic nitrogens is 1. The molecule has 0 spiro atoms. The highest BCUT2D eigenvalue weighted by Crippen LogP contribution is 2.14. The first-order valence-corrected chi connectivity index (χ1v) is 7.16. The smallest absolute Gasteiger partial charge is 0.0943 e. The van der Waals surface area contributed by atoms with E-state index in [1.807, 2.05) is 0 Å². The third-order valence-corrected chi connectivity index (χ3v) is 3.55. The third-order valence-electron chi connectivity index (χ3n) is 2.56. The maximum atomic E-state index is 4.54. The maximum absolute atomic E-state index is 4.54. The predicted octanol–water partition coefficient (Wildman–Crippen LogP) is 3.55. The Kier molecular flexibility index (Phi) is 5.99. The second-order valence-corrected chi connectivity index (χ2v) is 5.69. The molecule has 0 fully saturated rings. The van der Waals surface area contributed by atoms with Crippen molar-refractivity contribution in [1.29, 1.82) is 0 Å². The molecule has 2 nitrogen and oxygen atoms in total. The van der Waals surface area contributed by atoms with Gasteiger partial charge in [-0.2, -0.15) is 0 Å². The van der Waals surface area contributed by atoms with Crippen LogP contribution >= 0.6 is 11.3 Å². The van der Waals surface area contributed by atoms with Gasteiger partial charge in [-0.25, -0.2) is 4.98 Å². The fourth-order valence-corrected chi connectivity index (χ4v) is 2.73. The lowest BCUT2D eigenvalue weighted by molar-refractivity contribution is 0.424. The SMILES string of the molecule is CCCCC(Cc1nc(C)cs1)NC(C)C. The van der Waals surface area contributed by atoms with E-state index in [0.717, 1.165) is 12.1 Å². The summed E-state index contributed by atoms with van der Waals surface area (Å²) in [4.78, 5) is 4.54. The molecule has 1 aromatic rings. The van der Waals surface area contributed by atoms with Crippen LogP contribution in [0, 0.1) is 6.92 Å². The van der Waals surface area contributed by atoms with Crippen molar-refractivity contribution in [3.8, 4) is 0 Å². The molecule has 0 amide bonds. The standard InChI is InChI=1S/C13H24N2S/c1-5-6-7-12(14-10(2)3)8-13-15-11(4)9-16-13/h9-10,12,14H,5-8H2,1-4H3. The van der Waals surface area contributed by atoms with E-state index in [1.165, 1.54) is 24.3 Å². The molecule has 0 aliphatic heterocycles. The lowest BCUT2D eigenvalue weighted by Gasteiger charge is -2.20. The van der Waals surface area contributed by atoms with Gasteiger partial charge in [0.25, 0.3) is 0 Å². The Morgan fingerprint density at radius 1 is 1.44 bits per heavy atom. The summed E-state index contributed by atoms with van der Waals surface area (Å²) in [7, 11) is 0. The van der Waals surface area contributed by atoms with E-state index in [2.05, 4.69) is 43.4 Å². The Hall–Kier alpha value is -0.410. The van der Waals surface area contributed by atoms with Gasteiger partial charge >= 0.3 is 0 Å². The second-order valence-electron chi connectivity index (χ2n) is 4.75. The molecule has 0 radical (unpaired) electrons. The van der Waals surface area contributed by atoms with Crippen molar-refractivity contribution < 1.29 is 0 Å². The molecule has 0 saturated carbocycles. The second kappa shape index (κ2) is 7.02.